The molecule has 0 unspecified atom stereocenters. The van der Waals surface area contributed by atoms with E-state index < -0.39 is 0 Å². The van der Waals surface area contributed by atoms with Gasteiger partial charge in [-0.15, -0.1) is 0 Å². The van der Waals surface area contributed by atoms with Gasteiger partial charge in [0.15, 0.2) is 5.65 Å². The van der Waals surface area contributed by atoms with E-state index in [1.807, 2.05) is 24.6 Å². The van der Waals surface area contributed by atoms with Gasteiger partial charge in [-0.05, 0) is 32.0 Å². The molecule has 0 saturated heterocycles. The first-order valence-corrected chi connectivity index (χ1v) is 7.33. The van der Waals surface area contributed by atoms with Crippen molar-refractivity contribution in [2.24, 2.45) is 0 Å². The molecule has 0 saturated carbocycles. The molecule has 1 aromatic carbocycles. The van der Waals surface area contributed by atoms with Gasteiger partial charge in [0.25, 0.3) is 5.91 Å². The lowest BCUT2D eigenvalue weighted by atomic mass is 10.2. The van der Waals surface area contributed by atoms with Crippen molar-refractivity contribution in [2.45, 2.75) is 19.9 Å². The minimum atomic E-state index is -0.261. The van der Waals surface area contributed by atoms with Crippen molar-refractivity contribution in [3.63, 3.8) is 0 Å². The van der Waals surface area contributed by atoms with Crippen molar-refractivity contribution in [1.82, 2.24) is 14.8 Å². The molecule has 0 atom stereocenters. The lowest BCUT2D eigenvalue weighted by Gasteiger charge is -2.08. The summed E-state index contributed by atoms with van der Waals surface area (Å²) in [7, 11) is 0. The summed E-state index contributed by atoms with van der Waals surface area (Å²) in [6.07, 6.45) is 3.37. The highest BCUT2D eigenvalue weighted by Gasteiger charge is 2.12. The number of halogens is 1. The van der Waals surface area contributed by atoms with Gasteiger partial charge in [0, 0.05) is 11.4 Å². The van der Waals surface area contributed by atoms with Gasteiger partial charge < -0.3 is 5.32 Å². The smallest absolute Gasteiger partial charge is 0.257 e. The second-order valence-electron chi connectivity index (χ2n) is 5.25. The molecule has 1 N–H and O–H groups in total. The number of aromatic nitrogens is 3. The molecule has 3 aromatic rings. The van der Waals surface area contributed by atoms with Crippen LogP contribution in [-0.2, 0) is 0 Å². The highest BCUT2D eigenvalue weighted by atomic mass is 35.5. The zero-order valence-corrected chi connectivity index (χ0v) is 13.0. The molecule has 0 fully saturated rings. The van der Waals surface area contributed by atoms with Crippen molar-refractivity contribution in [3.8, 4) is 0 Å². The molecule has 0 bridgehead atoms. The predicted molar refractivity (Wildman–Crippen MR) is 87.3 cm³/mol. The Hall–Kier alpha value is -2.40. The number of carbonyl (C=O) groups is 1. The largest absolute Gasteiger partial charge is 0.321 e. The van der Waals surface area contributed by atoms with E-state index in [-0.39, 0.29) is 11.9 Å². The van der Waals surface area contributed by atoms with Gasteiger partial charge in [-0.1, -0.05) is 23.7 Å². The van der Waals surface area contributed by atoms with Crippen LogP contribution in [0.25, 0.3) is 11.0 Å². The molecular weight excluding hydrogens is 300 g/mol. The molecule has 0 aliphatic carbocycles. The quantitative estimate of drug-likeness (QED) is 0.797. The SMILES string of the molecule is CC(C)n1ncc2cc(NC(=O)c3ccccc3Cl)cnc21. The van der Waals surface area contributed by atoms with E-state index in [0.717, 1.165) is 11.0 Å². The van der Waals surface area contributed by atoms with Gasteiger partial charge in [0.05, 0.1) is 28.7 Å². The first-order valence-electron chi connectivity index (χ1n) is 6.95. The fourth-order valence-electron chi connectivity index (χ4n) is 2.23. The third-order valence-electron chi connectivity index (χ3n) is 3.30. The minimum absolute atomic E-state index is 0.230. The van der Waals surface area contributed by atoms with Gasteiger partial charge in [-0.25, -0.2) is 9.67 Å². The van der Waals surface area contributed by atoms with Crippen LogP contribution in [0.15, 0.2) is 42.7 Å². The minimum Gasteiger partial charge on any atom is -0.321 e. The van der Waals surface area contributed by atoms with E-state index in [1.54, 1.807) is 36.7 Å². The maximum Gasteiger partial charge on any atom is 0.257 e. The summed E-state index contributed by atoms with van der Waals surface area (Å²) in [6.45, 7) is 4.09. The monoisotopic (exact) mass is 314 g/mol. The first kappa shape index (κ1) is 14.5. The molecule has 2 heterocycles. The Morgan fingerprint density at radius 2 is 2.05 bits per heavy atom. The van der Waals surface area contributed by atoms with Crippen molar-refractivity contribution in [1.29, 1.82) is 0 Å². The summed E-state index contributed by atoms with van der Waals surface area (Å²) < 4.78 is 1.84. The van der Waals surface area contributed by atoms with Gasteiger partial charge in [-0.3, -0.25) is 4.79 Å². The highest BCUT2D eigenvalue weighted by Crippen LogP contribution is 2.21. The Kier molecular flexibility index (Phi) is 3.81. The van der Waals surface area contributed by atoms with Crippen molar-refractivity contribution in [3.05, 3.63) is 53.3 Å². The van der Waals surface area contributed by atoms with Crippen LogP contribution in [0.1, 0.15) is 30.2 Å². The third-order valence-corrected chi connectivity index (χ3v) is 3.63. The van der Waals surface area contributed by atoms with E-state index in [0.29, 0.717) is 16.3 Å². The molecule has 0 spiro atoms. The zero-order chi connectivity index (χ0) is 15.7. The number of hydrogen-bond acceptors (Lipinski definition) is 3. The van der Waals surface area contributed by atoms with Crippen molar-refractivity contribution >= 4 is 34.2 Å². The second kappa shape index (κ2) is 5.77. The summed E-state index contributed by atoms with van der Waals surface area (Å²) in [5.74, 6) is -0.261. The van der Waals surface area contributed by atoms with Crippen LogP contribution < -0.4 is 5.32 Å². The first-order chi connectivity index (χ1) is 10.6. The number of nitrogens with zero attached hydrogens (tertiary/aromatic N) is 3. The zero-order valence-electron chi connectivity index (χ0n) is 12.2. The summed E-state index contributed by atoms with van der Waals surface area (Å²) in [5, 5.41) is 8.41. The Morgan fingerprint density at radius 3 is 2.77 bits per heavy atom. The Labute approximate surface area is 132 Å². The topological polar surface area (TPSA) is 59.8 Å². The molecule has 22 heavy (non-hydrogen) atoms. The van der Waals surface area contributed by atoms with Crippen LogP contribution in [0, 0.1) is 0 Å². The van der Waals surface area contributed by atoms with Crippen LogP contribution in [-0.4, -0.2) is 20.7 Å². The lowest BCUT2D eigenvalue weighted by Crippen LogP contribution is -2.12. The molecule has 3 rings (SSSR count). The molecular formula is C16H15ClN4O. The van der Waals surface area contributed by atoms with Gasteiger partial charge in [0.1, 0.15) is 0 Å². The number of nitrogens with one attached hydrogen (secondary N) is 1. The molecule has 0 aliphatic rings. The van der Waals surface area contributed by atoms with Crippen LogP contribution >= 0.6 is 11.6 Å². The number of amides is 1. The van der Waals surface area contributed by atoms with E-state index in [1.165, 1.54) is 0 Å². The van der Waals surface area contributed by atoms with Crippen LogP contribution in [0.5, 0.6) is 0 Å². The summed E-state index contributed by atoms with van der Waals surface area (Å²) in [5.41, 5.74) is 1.84. The van der Waals surface area contributed by atoms with E-state index >= 15 is 0 Å². The molecule has 112 valence electrons. The van der Waals surface area contributed by atoms with E-state index in [2.05, 4.69) is 15.4 Å². The van der Waals surface area contributed by atoms with Gasteiger partial charge in [-0.2, -0.15) is 5.10 Å². The molecule has 5 nitrogen and oxygen atoms in total. The maximum atomic E-state index is 12.2. The van der Waals surface area contributed by atoms with Crippen molar-refractivity contribution in [2.75, 3.05) is 5.32 Å². The second-order valence-corrected chi connectivity index (χ2v) is 5.66. The average Bonchev–Trinajstić information content (AvgIpc) is 2.91. The fraction of sp³-hybridized carbons (Fsp3) is 0.188. The van der Waals surface area contributed by atoms with Gasteiger partial charge >= 0.3 is 0 Å². The fourth-order valence-corrected chi connectivity index (χ4v) is 2.45. The number of anilines is 1. The Morgan fingerprint density at radius 1 is 1.27 bits per heavy atom. The third kappa shape index (κ3) is 2.67. The summed E-state index contributed by atoms with van der Waals surface area (Å²) in [6, 6.07) is 9.00. The number of benzene rings is 1. The standard InChI is InChI=1S/C16H15ClN4O/c1-10(2)21-15-11(8-19-21)7-12(9-18-15)20-16(22)13-5-3-4-6-14(13)17/h3-10H,1-2H3,(H,20,22). The number of rotatable bonds is 3. The van der Waals surface area contributed by atoms with Crippen LogP contribution in [0.3, 0.4) is 0 Å². The highest BCUT2D eigenvalue weighted by molar-refractivity contribution is 6.34. The van der Waals surface area contributed by atoms with E-state index in [9.17, 15) is 4.79 Å². The molecule has 6 heteroatoms. The summed E-state index contributed by atoms with van der Waals surface area (Å²) >= 11 is 6.03. The molecule has 1 amide bonds. The predicted octanol–water partition coefficient (Wildman–Crippen LogP) is 3.92. The number of pyridine rings is 1. The number of hydrogen-bond donors (Lipinski definition) is 1. The molecule has 0 radical (unpaired) electrons. The Balaban J connectivity index is 1.88. The molecule has 2 aromatic heterocycles. The van der Waals surface area contributed by atoms with E-state index in [4.69, 9.17) is 11.6 Å². The number of fused-ring (bicyclic) bond motifs is 1. The molecule has 0 aliphatic heterocycles. The van der Waals surface area contributed by atoms with Crippen LogP contribution in [0.2, 0.25) is 5.02 Å². The van der Waals surface area contributed by atoms with Crippen molar-refractivity contribution < 1.29 is 4.79 Å². The Bertz CT molecular complexity index is 841. The normalized spacial score (nSPS) is 11.1. The lowest BCUT2D eigenvalue weighted by molar-refractivity contribution is 0.102. The maximum absolute atomic E-state index is 12.2. The summed E-state index contributed by atoms with van der Waals surface area (Å²) in [4.78, 5) is 16.6. The number of carbonyl (C=O) groups excluding carboxylic acids is 1. The average molecular weight is 315 g/mol. The van der Waals surface area contributed by atoms with Gasteiger partial charge in [0.2, 0.25) is 0 Å². The van der Waals surface area contributed by atoms with Crippen LogP contribution in [0.4, 0.5) is 5.69 Å².